The molecular weight excluding hydrogens is 451 g/mol. The Balaban J connectivity index is 1.83. The summed E-state index contributed by atoms with van der Waals surface area (Å²) in [5, 5.41) is 8.94. The first-order chi connectivity index (χ1) is 14.8. The van der Waals surface area contributed by atoms with E-state index in [0.717, 1.165) is 12.1 Å². The van der Waals surface area contributed by atoms with E-state index in [0.29, 0.717) is 24.1 Å². The number of carbonyl (C=O) groups is 2. The van der Waals surface area contributed by atoms with Crippen LogP contribution in [-0.2, 0) is 21.2 Å². The molecule has 0 radical (unpaired) electrons. The molecule has 32 heavy (non-hydrogen) atoms. The van der Waals surface area contributed by atoms with E-state index in [1.165, 1.54) is 41.3 Å². The van der Waals surface area contributed by atoms with Crippen molar-refractivity contribution in [2.75, 3.05) is 31.1 Å². The minimum atomic E-state index is -4.84. The number of anilines is 1. The number of alkyl halides is 3. The van der Waals surface area contributed by atoms with Gasteiger partial charge < -0.3 is 4.90 Å². The van der Waals surface area contributed by atoms with E-state index >= 15 is 0 Å². The lowest BCUT2D eigenvalue weighted by Crippen LogP contribution is -2.44. The minimum Gasteiger partial charge on any atom is -0.306 e. The zero-order valence-corrected chi connectivity index (χ0v) is 18.0. The highest BCUT2D eigenvalue weighted by Gasteiger charge is 2.51. The second-order valence-corrected chi connectivity index (χ2v) is 9.42. The third-order valence-corrected chi connectivity index (χ3v) is 6.84. The van der Waals surface area contributed by atoms with Crippen LogP contribution in [0.5, 0.6) is 0 Å². The molecule has 1 aromatic carbocycles. The van der Waals surface area contributed by atoms with Gasteiger partial charge in [-0.25, -0.2) is 14.4 Å². The summed E-state index contributed by atoms with van der Waals surface area (Å²) in [5.41, 5.74) is -3.50. The number of urea groups is 1. The number of benzene rings is 1. The SMILES string of the molecule is CC1(C)C(=O)N(c2ccc(C#N)c(C(F)(F)F)c2)C(=O)N1CC=CCN1CCNS1(=O)=O. The maximum atomic E-state index is 13.3. The molecule has 0 atom stereocenters. The zero-order chi connectivity index (χ0) is 23.9. The highest BCUT2D eigenvalue weighted by molar-refractivity contribution is 7.87. The third-order valence-electron chi connectivity index (χ3n) is 5.26. The summed E-state index contributed by atoms with van der Waals surface area (Å²) >= 11 is 0. The van der Waals surface area contributed by atoms with Crippen LogP contribution in [0.4, 0.5) is 23.7 Å². The number of hydrogen-bond acceptors (Lipinski definition) is 5. The van der Waals surface area contributed by atoms with Gasteiger partial charge in [-0.15, -0.1) is 0 Å². The largest absolute Gasteiger partial charge is 0.417 e. The Morgan fingerprint density at radius 2 is 1.88 bits per heavy atom. The Kier molecular flexibility index (Phi) is 6.07. The van der Waals surface area contributed by atoms with Crippen LogP contribution in [0.25, 0.3) is 0 Å². The van der Waals surface area contributed by atoms with Crippen LogP contribution < -0.4 is 9.62 Å². The van der Waals surface area contributed by atoms with Gasteiger partial charge in [-0.3, -0.25) is 4.79 Å². The fraction of sp³-hybridized carbons (Fsp3) is 0.421. The average molecular weight is 471 g/mol. The number of hydrogen-bond donors (Lipinski definition) is 1. The standard InChI is InChI=1S/C19H20F3N5O4S/c1-18(2)16(28)27(14-6-5-13(12-23)15(11-14)19(20,21)22)17(29)26(18)9-4-3-8-25-10-7-24-32(25,30)31/h3-6,11,24H,7-10H2,1-2H3. The second-order valence-electron chi connectivity index (χ2n) is 7.66. The van der Waals surface area contributed by atoms with Crippen molar-refractivity contribution in [2.24, 2.45) is 0 Å². The molecule has 2 heterocycles. The number of imide groups is 1. The maximum absolute atomic E-state index is 13.3. The summed E-state index contributed by atoms with van der Waals surface area (Å²) < 4.78 is 66.9. The van der Waals surface area contributed by atoms with Crippen molar-refractivity contribution in [1.29, 1.82) is 5.26 Å². The summed E-state index contributed by atoms with van der Waals surface area (Å²) in [6, 6.07) is 3.27. The fourth-order valence-electron chi connectivity index (χ4n) is 3.45. The van der Waals surface area contributed by atoms with Gasteiger partial charge in [-0.2, -0.15) is 31.2 Å². The monoisotopic (exact) mass is 471 g/mol. The van der Waals surface area contributed by atoms with Gasteiger partial charge in [-0.1, -0.05) is 12.2 Å². The molecule has 172 valence electrons. The number of amides is 3. The first kappa shape index (κ1) is 23.7. The molecule has 2 aliphatic rings. The molecule has 0 unspecified atom stereocenters. The smallest absolute Gasteiger partial charge is 0.306 e. The lowest BCUT2D eigenvalue weighted by Gasteiger charge is -2.26. The molecule has 1 aromatic rings. The number of rotatable bonds is 5. The van der Waals surface area contributed by atoms with E-state index in [1.54, 1.807) is 0 Å². The van der Waals surface area contributed by atoms with Gasteiger partial charge in [0.25, 0.3) is 16.1 Å². The highest BCUT2D eigenvalue weighted by atomic mass is 32.2. The number of carbonyl (C=O) groups excluding carboxylic acids is 2. The van der Waals surface area contributed by atoms with Crippen molar-refractivity contribution >= 4 is 27.8 Å². The van der Waals surface area contributed by atoms with Crippen molar-refractivity contribution in [3.63, 3.8) is 0 Å². The van der Waals surface area contributed by atoms with Crippen molar-refractivity contribution in [3.8, 4) is 6.07 Å². The van der Waals surface area contributed by atoms with Gasteiger partial charge in [0.05, 0.1) is 22.9 Å². The van der Waals surface area contributed by atoms with Gasteiger partial charge in [0.1, 0.15) is 5.54 Å². The van der Waals surface area contributed by atoms with Crippen molar-refractivity contribution in [2.45, 2.75) is 25.6 Å². The van der Waals surface area contributed by atoms with E-state index < -0.39 is 45.0 Å². The van der Waals surface area contributed by atoms with Crippen LogP contribution in [-0.4, -0.2) is 61.3 Å². The van der Waals surface area contributed by atoms with Crippen LogP contribution in [0.2, 0.25) is 0 Å². The van der Waals surface area contributed by atoms with Crippen molar-refractivity contribution in [1.82, 2.24) is 13.9 Å². The number of nitrogens with zero attached hydrogens (tertiary/aromatic N) is 4. The Morgan fingerprint density at radius 3 is 2.44 bits per heavy atom. The van der Waals surface area contributed by atoms with E-state index in [1.807, 2.05) is 0 Å². The van der Waals surface area contributed by atoms with Gasteiger partial charge in [-0.05, 0) is 32.0 Å². The number of halogens is 3. The normalized spacial score (nSPS) is 21.0. The molecule has 2 aliphatic heterocycles. The first-order valence-electron chi connectivity index (χ1n) is 9.48. The molecule has 13 heteroatoms. The molecule has 0 spiro atoms. The average Bonchev–Trinajstić information content (AvgIpc) is 3.12. The number of nitriles is 1. The molecule has 0 aromatic heterocycles. The Labute approximate surface area is 182 Å². The van der Waals surface area contributed by atoms with E-state index in [2.05, 4.69) is 4.72 Å². The molecule has 0 bridgehead atoms. The first-order valence-corrected chi connectivity index (χ1v) is 10.9. The van der Waals surface area contributed by atoms with E-state index in [9.17, 15) is 31.2 Å². The molecule has 9 nitrogen and oxygen atoms in total. The summed E-state index contributed by atoms with van der Waals surface area (Å²) in [4.78, 5) is 27.7. The molecule has 3 rings (SSSR count). The molecular formula is C19H20F3N5O4S. The van der Waals surface area contributed by atoms with Crippen molar-refractivity contribution in [3.05, 3.63) is 41.5 Å². The Morgan fingerprint density at radius 1 is 1.22 bits per heavy atom. The van der Waals surface area contributed by atoms with Crippen LogP contribution in [0.1, 0.15) is 25.0 Å². The summed E-state index contributed by atoms with van der Waals surface area (Å²) in [7, 11) is -3.52. The molecule has 0 aliphatic carbocycles. The molecule has 1 N–H and O–H groups in total. The maximum Gasteiger partial charge on any atom is 0.417 e. The lowest BCUT2D eigenvalue weighted by atomic mass is 10.0. The topological polar surface area (TPSA) is 114 Å². The summed E-state index contributed by atoms with van der Waals surface area (Å²) in [6.07, 6.45) is -1.79. The predicted octanol–water partition coefficient (Wildman–Crippen LogP) is 1.83. The quantitative estimate of drug-likeness (QED) is 0.520. The number of nitrogens with one attached hydrogen (secondary N) is 1. The van der Waals surface area contributed by atoms with Gasteiger partial charge in [0.15, 0.2) is 0 Å². The summed E-state index contributed by atoms with van der Waals surface area (Å²) in [6.45, 7) is 3.53. The van der Waals surface area contributed by atoms with Crippen molar-refractivity contribution < 1.29 is 31.2 Å². The lowest BCUT2D eigenvalue weighted by molar-refractivity contribution is -0.137. The minimum absolute atomic E-state index is 0.0577. The summed E-state index contributed by atoms with van der Waals surface area (Å²) in [5.74, 6) is -0.722. The zero-order valence-electron chi connectivity index (χ0n) is 17.2. The third kappa shape index (κ3) is 4.21. The van der Waals surface area contributed by atoms with Gasteiger partial charge in [0.2, 0.25) is 0 Å². The molecule has 2 saturated heterocycles. The van der Waals surface area contributed by atoms with Crippen LogP contribution in [0, 0.1) is 11.3 Å². The van der Waals surface area contributed by atoms with Gasteiger partial charge in [0, 0.05) is 26.2 Å². The van der Waals surface area contributed by atoms with E-state index in [-0.39, 0.29) is 18.8 Å². The highest BCUT2D eigenvalue weighted by Crippen LogP contribution is 2.37. The molecule has 0 saturated carbocycles. The fourth-order valence-corrected chi connectivity index (χ4v) is 4.59. The van der Waals surface area contributed by atoms with Crippen LogP contribution >= 0.6 is 0 Å². The Hall–Kier alpha value is -2.95. The van der Waals surface area contributed by atoms with Crippen LogP contribution in [0.15, 0.2) is 30.4 Å². The molecule has 2 fully saturated rings. The van der Waals surface area contributed by atoms with Crippen LogP contribution in [0.3, 0.4) is 0 Å². The predicted molar refractivity (Wildman–Crippen MR) is 107 cm³/mol. The van der Waals surface area contributed by atoms with Gasteiger partial charge >= 0.3 is 12.2 Å². The van der Waals surface area contributed by atoms with E-state index in [4.69, 9.17) is 5.26 Å². The Bertz CT molecular complexity index is 1120. The molecule has 3 amide bonds. The second kappa shape index (κ2) is 8.19.